The number of hydrogen-bond acceptors (Lipinski definition) is 4. The second kappa shape index (κ2) is 5.68. The second-order valence-corrected chi connectivity index (χ2v) is 6.60. The third-order valence-corrected chi connectivity index (χ3v) is 5.39. The van der Waals surface area contributed by atoms with E-state index in [2.05, 4.69) is 22.6 Å². The van der Waals surface area contributed by atoms with Gasteiger partial charge < -0.3 is 10.2 Å². The maximum Gasteiger partial charge on any atom is 0.0960 e. The lowest BCUT2D eigenvalue weighted by molar-refractivity contribution is 0.253. The van der Waals surface area contributed by atoms with Gasteiger partial charge in [0.1, 0.15) is 0 Å². The fraction of sp³-hybridized carbons (Fsp3) is 0.786. The average molecular weight is 265 g/mol. The van der Waals surface area contributed by atoms with Gasteiger partial charge in [-0.3, -0.25) is 0 Å². The Bertz CT molecular complexity index is 376. The number of thiazole rings is 1. The number of rotatable bonds is 2. The molecule has 0 amide bonds. The molecule has 18 heavy (non-hydrogen) atoms. The van der Waals surface area contributed by atoms with E-state index >= 15 is 0 Å². The molecule has 2 saturated heterocycles. The Labute approximate surface area is 114 Å². The molecule has 1 aromatic rings. The molecule has 4 heteroatoms. The van der Waals surface area contributed by atoms with E-state index in [1.165, 1.54) is 49.5 Å². The maximum atomic E-state index is 4.95. The van der Waals surface area contributed by atoms with E-state index in [1.807, 2.05) is 11.3 Å². The molecular formula is C14H23N3S. The minimum Gasteiger partial charge on any atom is -0.317 e. The summed E-state index contributed by atoms with van der Waals surface area (Å²) in [7, 11) is 2.22. The summed E-state index contributed by atoms with van der Waals surface area (Å²) in [5.74, 6) is 1.43. The molecule has 0 aliphatic carbocycles. The zero-order valence-electron chi connectivity index (χ0n) is 11.2. The van der Waals surface area contributed by atoms with E-state index in [1.54, 1.807) is 0 Å². The van der Waals surface area contributed by atoms with Gasteiger partial charge in [0.2, 0.25) is 0 Å². The maximum absolute atomic E-state index is 4.95. The highest BCUT2D eigenvalue weighted by Crippen LogP contribution is 2.33. The van der Waals surface area contributed by atoms with Crippen LogP contribution < -0.4 is 5.32 Å². The summed E-state index contributed by atoms with van der Waals surface area (Å²) < 4.78 is 0. The summed E-state index contributed by atoms with van der Waals surface area (Å²) >= 11 is 1.90. The Balaban J connectivity index is 1.65. The molecule has 1 aromatic heterocycles. The number of nitrogens with one attached hydrogen (secondary N) is 1. The van der Waals surface area contributed by atoms with Crippen molar-refractivity contribution in [2.45, 2.75) is 37.5 Å². The first kappa shape index (κ1) is 12.6. The van der Waals surface area contributed by atoms with Crippen LogP contribution in [0, 0.1) is 0 Å². The van der Waals surface area contributed by atoms with Crippen molar-refractivity contribution in [3.63, 3.8) is 0 Å². The number of likely N-dealkylation sites (tertiary alicyclic amines) is 1. The Morgan fingerprint density at radius 3 is 2.61 bits per heavy atom. The molecule has 0 radical (unpaired) electrons. The molecule has 2 fully saturated rings. The van der Waals surface area contributed by atoms with Gasteiger partial charge in [-0.25, -0.2) is 4.98 Å². The highest BCUT2D eigenvalue weighted by atomic mass is 32.1. The lowest BCUT2D eigenvalue weighted by Gasteiger charge is -2.27. The van der Waals surface area contributed by atoms with Crippen LogP contribution in [0.15, 0.2) is 5.38 Å². The van der Waals surface area contributed by atoms with Crippen molar-refractivity contribution in [1.82, 2.24) is 15.2 Å². The van der Waals surface area contributed by atoms with Crippen LogP contribution in [0.2, 0.25) is 0 Å². The normalized spacial score (nSPS) is 24.5. The Morgan fingerprint density at radius 2 is 1.89 bits per heavy atom. The van der Waals surface area contributed by atoms with Crippen molar-refractivity contribution in [3.05, 3.63) is 16.1 Å². The van der Waals surface area contributed by atoms with Crippen molar-refractivity contribution in [2.24, 2.45) is 0 Å². The van der Waals surface area contributed by atoms with Gasteiger partial charge >= 0.3 is 0 Å². The van der Waals surface area contributed by atoms with Crippen molar-refractivity contribution in [2.75, 3.05) is 33.2 Å². The van der Waals surface area contributed by atoms with Crippen molar-refractivity contribution in [3.8, 4) is 0 Å². The summed E-state index contributed by atoms with van der Waals surface area (Å²) in [6.45, 7) is 4.78. The van der Waals surface area contributed by atoms with Gasteiger partial charge in [0.25, 0.3) is 0 Å². The Kier molecular flexibility index (Phi) is 3.97. The zero-order chi connectivity index (χ0) is 12.4. The van der Waals surface area contributed by atoms with Crippen LogP contribution in [-0.4, -0.2) is 43.1 Å². The number of aromatic nitrogens is 1. The van der Waals surface area contributed by atoms with Gasteiger partial charge in [-0.2, -0.15) is 0 Å². The average Bonchev–Trinajstić information content (AvgIpc) is 2.90. The Hall–Kier alpha value is -0.450. The smallest absolute Gasteiger partial charge is 0.0960 e. The summed E-state index contributed by atoms with van der Waals surface area (Å²) in [5.41, 5.74) is 1.38. The first-order valence-corrected chi connectivity index (χ1v) is 8.05. The highest BCUT2D eigenvalue weighted by Gasteiger charge is 2.23. The molecule has 3 nitrogen and oxygen atoms in total. The molecule has 0 saturated carbocycles. The van der Waals surface area contributed by atoms with E-state index in [-0.39, 0.29) is 0 Å². The first-order chi connectivity index (χ1) is 8.83. The minimum absolute atomic E-state index is 0.716. The van der Waals surface area contributed by atoms with E-state index in [9.17, 15) is 0 Å². The first-order valence-electron chi connectivity index (χ1n) is 7.17. The van der Waals surface area contributed by atoms with Crippen LogP contribution >= 0.6 is 11.3 Å². The quantitative estimate of drug-likeness (QED) is 0.890. The zero-order valence-corrected chi connectivity index (χ0v) is 12.0. The fourth-order valence-corrected chi connectivity index (χ4v) is 4.12. The van der Waals surface area contributed by atoms with Crippen molar-refractivity contribution < 1.29 is 0 Å². The van der Waals surface area contributed by atoms with E-state index in [4.69, 9.17) is 4.98 Å². The molecule has 0 spiro atoms. The number of piperidine rings is 2. The number of hydrogen-bond donors (Lipinski definition) is 1. The SMILES string of the molecule is CN1CCC(c2csc(C3CCNCC3)n2)CC1. The third kappa shape index (κ3) is 2.76. The summed E-state index contributed by atoms with van der Waals surface area (Å²) in [6, 6.07) is 0. The minimum atomic E-state index is 0.716. The molecule has 2 aliphatic heterocycles. The fourth-order valence-electron chi connectivity index (χ4n) is 3.05. The summed E-state index contributed by atoms with van der Waals surface area (Å²) in [6.07, 6.45) is 5.10. The second-order valence-electron chi connectivity index (χ2n) is 5.71. The molecule has 0 unspecified atom stereocenters. The van der Waals surface area contributed by atoms with Gasteiger partial charge in [-0.15, -0.1) is 11.3 Å². The Morgan fingerprint density at radius 1 is 1.17 bits per heavy atom. The van der Waals surface area contributed by atoms with E-state index < -0.39 is 0 Å². The topological polar surface area (TPSA) is 28.2 Å². The third-order valence-electron chi connectivity index (χ3n) is 4.36. The molecule has 0 atom stereocenters. The van der Waals surface area contributed by atoms with Crippen molar-refractivity contribution >= 4 is 11.3 Å². The largest absolute Gasteiger partial charge is 0.317 e. The van der Waals surface area contributed by atoms with Gasteiger partial charge in [0.15, 0.2) is 0 Å². The van der Waals surface area contributed by atoms with Crippen molar-refractivity contribution in [1.29, 1.82) is 0 Å². The van der Waals surface area contributed by atoms with Gasteiger partial charge in [-0.05, 0) is 58.9 Å². The van der Waals surface area contributed by atoms with Crippen LogP contribution in [0.4, 0.5) is 0 Å². The summed E-state index contributed by atoms with van der Waals surface area (Å²) in [4.78, 5) is 7.38. The molecule has 3 heterocycles. The highest BCUT2D eigenvalue weighted by molar-refractivity contribution is 7.09. The van der Waals surface area contributed by atoms with Crippen LogP contribution in [0.3, 0.4) is 0 Å². The molecule has 0 bridgehead atoms. The number of nitrogens with zero attached hydrogens (tertiary/aromatic N) is 2. The molecular weight excluding hydrogens is 242 g/mol. The van der Waals surface area contributed by atoms with E-state index in [0.29, 0.717) is 5.92 Å². The van der Waals surface area contributed by atoms with Crippen LogP contribution in [-0.2, 0) is 0 Å². The lowest BCUT2D eigenvalue weighted by atomic mass is 9.94. The van der Waals surface area contributed by atoms with Gasteiger partial charge in [-0.1, -0.05) is 0 Å². The van der Waals surface area contributed by atoms with Gasteiger partial charge in [0, 0.05) is 17.2 Å². The predicted octanol–water partition coefficient (Wildman–Crippen LogP) is 2.42. The molecule has 3 rings (SSSR count). The van der Waals surface area contributed by atoms with Crippen LogP contribution in [0.25, 0.3) is 0 Å². The molecule has 1 N–H and O–H groups in total. The standard InChI is InChI=1S/C14H23N3S/c1-17-8-4-11(5-9-17)13-10-18-14(16-13)12-2-6-15-7-3-12/h10-12,15H,2-9H2,1H3. The van der Waals surface area contributed by atoms with Gasteiger partial charge in [0.05, 0.1) is 10.7 Å². The summed E-state index contributed by atoms with van der Waals surface area (Å²) in [5, 5.41) is 7.15. The monoisotopic (exact) mass is 265 g/mol. The predicted molar refractivity (Wildman–Crippen MR) is 76.4 cm³/mol. The molecule has 2 aliphatic rings. The lowest BCUT2D eigenvalue weighted by Crippen LogP contribution is -2.29. The molecule has 0 aromatic carbocycles. The van der Waals surface area contributed by atoms with Crippen LogP contribution in [0.5, 0.6) is 0 Å². The van der Waals surface area contributed by atoms with E-state index in [0.717, 1.165) is 19.0 Å². The molecule has 100 valence electrons. The van der Waals surface area contributed by atoms with Crippen LogP contribution in [0.1, 0.15) is 48.2 Å².